The Hall–Kier alpha value is -2.34. The fraction of sp³-hybridized carbons (Fsp3) is 0.294. The van der Waals surface area contributed by atoms with Crippen LogP contribution in [-0.2, 0) is 13.0 Å². The highest BCUT2D eigenvalue weighted by Crippen LogP contribution is 2.23. The van der Waals surface area contributed by atoms with Gasteiger partial charge in [-0.2, -0.15) is 0 Å². The number of halogens is 2. The van der Waals surface area contributed by atoms with Crippen molar-refractivity contribution in [2.45, 2.75) is 33.2 Å². The van der Waals surface area contributed by atoms with Crippen molar-refractivity contribution in [3.63, 3.8) is 0 Å². The van der Waals surface area contributed by atoms with Gasteiger partial charge >= 0.3 is 0 Å². The first-order valence-corrected chi connectivity index (χ1v) is 8.11. The Morgan fingerprint density at radius 2 is 2.04 bits per heavy atom. The molecule has 3 aromatic heterocycles. The van der Waals surface area contributed by atoms with Gasteiger partial charge in [-0.15, -0.1) is 0 Å². The Morgan fingerprint density at radius 3 is 2.79 bits per heavy atom. The highest BCUT2D eigenvalue weighted by atomic mass is 35.5. The first-order valence-electron chi connectivity index (χ1n) is 7.74. The second kappa shape index (κ2) is 7.05. The predicted octanol–water partition coefficient (Wildman–Crippen LogP) is 3.84. The van der Waals surface area contributed by atoms with Crippen LogP contribution in [0.25, 0.3) is 11.5 Å². The molecular weight excluding hydrogens is 329 g/mol. The molecule has 3 aromatic rings. The molecule has 0 saturated carbocycles. The molecule has 0 N–H and O–H groups in total. The number of rotatable bonds is 5. The molecule has 0 atom stereocenters. The lowest BCUT2D eigenvalue weighted by Crippen LogP contribution is -2.10. The van der Waals surface area contributed by atoms with Crippen molar-refractivity contribution in [2.24, 2.45) is 0 Å². The number of aryl methyl sites for hydroxylation is 1. The minimum Gasteiger partial charge on any atom is -0.324 e. The van der Waals surface area contributed by atoms with Gasteiger partial charge in [-0.25, -0.2) is 24.3 Å². The Balaban J connectivity index is 2.02. The number of hydrogen-bond acceptors (Lipinski definition) is 4. The molecule has 0 aliphatic heterocycles. The van der Waals surface area contributed by atoms with E-state index in [1.165, 1.54) is 6.07 Å². The second-order valence-electron chi connectivity index (χ2n) is 5.45. The van der Waals surface area contributed by atoms with E-state index in [1.807, 2.05) is 4.57 Å². The Bertz CT molecular complexity index is 862. The van der Waals surface area contributed by atoms with E-state index in [-0.39, 0.29) is 5.69 Å². The first-order chi connectivity index (χ1) is 11.6. The topological polar surface area (TPSA) is 56.5 Å². The Kier molecular flexibility index (Phi) is 4.85. The summed E-state index contributed by atoms with van der Waals surface area (Å²) in [7, 11) is 0. The van der Waals surface area contributed by atoms with Crippen LogP contribution in [0.4, 0.5) is 4.39 Å². The van der Waals surface area contributed by atoms with Crippen LogP contribution in [0.5, 0.6) is 0 Å². The molecule has 0 fully saturated rings. The van der Waals surface area contributed by atoms with E-state index in [2.05, 4.69) is 26.9 Å². The molecule has 0 spiro atoms. The standard InChI is InChI=1S/C17H17ClFN5/c1-3-5-12-14(22-11(2)23-16(12)18)10-24-9-8-21-17(24)15-13(19)6-4-7-20-15/h4,6-9H,3,5,10H2,1-2H3. The Labute approximate surface area is 144 Å². The maximum Gasteiger partial charge on any atom is 0.162 e. The third-order valence-electron chi connectivity index (χ3n) is 3.66. The maximum absolute atomic E-state index is 14.0. The van der Waals surface area contributed by atoms with Gasteiger partial charge < -0.3 is 4.57 Å². The minimum absolute atomic E-state index is 0.219. The van der Waals surface area contributed by atoms with Crippen LogP contribution in [0.2, 0.25) is 5.15 Å². The lowest BCUT2D eigenvalue weighted by Gasteiger charge is -2.13. The number of pyridine rings is 1. The largest absolute Gasteiger partial charge is 0.324 e. The van der Waals surface area contributed by atoms with Gasteiger partial charge in [0.15, 0.2) is 11.6 Å². The van der Waals surface area contributed by atoms with Crippen molar-refractivity contribution in [3.05, 3.63) is 58.8 Å². The molecule has 24 heavy (non-hydrogen) atoms. The molecule has 0 bridgehead atoms. The van der Waals surface area contributed by atoms with Gasteiger partial charge in [0.25, 0.3) is 0 Å². The van der Waals surface area contributed by atoms with Gasteiger partial charge in [0.1, 0.15) is 16.7 Å². The lowest BCUT2D eigenvalue weighted by atomic mass is 10.1. The lowest BCUT2D eigenvalue weighted by molar-refractivity contribution is 0.621. The summed E-state index contributed by atoms with van der Waals surface area (Å²) >= 11 is 6.29. The number of nitrogens with zero attached hydrogens (tertiary/aromatic N) is 5. The zero-order valence-electron chi connectivity index (χ0n) is 13.5. The molecular formula is C17H17ClFN5. The molecule has 0 unspecified atom stereocenters. The molecule has 0 saturated heterocycles. The zero-order chi connectivity index (χ0) is 17.1. The number of aromatic nitrogens is 5. The minimum atomic E-state index is -0.407. The summed E-state index contributed by atoms with van der Waals surface area (Å²) in [5.41, 5.74) is 1.97. The number of imidazole rings is 1. The van der Waals surface area contributed by atoms with Crippen molar-refractivity contribution in [2.75, 3.05) is 0 Å². The highest BCUT2D eigenvalue weighted by molar-refractivity contribution is 6.30. The Morgan fingerprint density at radius 1 is 1.21 bits per heavy atom. The van der Waals surface area contributed by atoms with Crippen molar-refractivity contribution in [1.82, 2.24) is 24.5 Å². The van der Waals surface area contributed by atoms with E-state index >= 15 is 0 Å². The SMILES string of the molecule is CCCc1c(Cl)nc(C)nc1Cn1ccnc1-c1ncccc1F. The molecule has 124 valence electrons. The van der Waals surface area contributed by atoms with E-state index in [1.54, 1.807) is 31.6 Å². The molecule has 0 amide bonds. The average Bonchev–Trinajstić information content (AvgIpc) is 2.99. The second-order valence-corrected chi connectivity index (χ2v) is 5.81. The highest BCUT2D eigenvalue weighted by Gasteiger charge is 2.16. The van der Waals surface area contributed by atoms with E-state index in [4.69, 9.17) is 11.6 Å². The van der Waals surface area contributed by atoms with Crippen LogP contribution in [-0.4, -0.2) is 24.5 Å². The quantitative estimate of drug-likeness (QED) is 0.659. The summed E-state index contributed by atoms with van der Waals surface area (Å²) < 4.78 is 15.9. The van der Waals surface area contributed by atoms with E-state index in [9.17, 15) is 4.39 Å². The molecule has 3 rings (SSSR count). The van der Waals surface area contributed by atoms with Crippen LogP contribution in [0.3, 0.4) is 0 Å². The van der Waals surface area contributed by atoms with Gasteiger partial charge in [0.05, 0.1) is 12.2 Å². The summed E-state index contributed by atoms with van der Waals surface area (Å²) in [4.78, 5) is 17.1. The first kappa shape index (κ1) is 16.5. The third kappa shape index (κ3) is 3.28. The molecule has 7 heteroatoms. The average molecular weight is 346 g/mol. The van der Waals surface area contributed by atoms with Crippen molar-refractivity contribution < 1.29 is 4.39 Å². The molecule has 0 aliphatic rings. The maximum atomic E-state index is 14.0. The zero-order valence-corrected chi connectivity index (χ0v) is 14.3. The van der Waals surface area contributed by atoms with Crippen molar-refractivity contribution >= 4 is 11.6 Å². The van der Waals surface area contributed by atoms with Crippen LogP contribution in [0.1, 0.15) is 30.4 Å². The number of hydrogen-bond donors (Lipinski definition) is 0. The van der Waals surface area contributed by atoms with Crippen LogP contribution in [0.15, 0.2) is 30.7 Å². The smallest absolute Gasteiger partial charge is 0.162 e. The summed E-state index contributed by atoms with van der Waals surface area (Å²) in [5.74, 6) is 0.666. The van der Waals surface area contributed by atoms with Gasteiger partial charge in [0, 0.05) is 24.2 Å². The van der Waals surface area contributed by atoms with Crippen LogP contribution >= 0.6 is 11.6 Å². The normalized spacial score (nSPS) is 11.0. The molecule has 0 radical (unpaired) electrons. The van der Waals surface area contributed by atoms with E-state index < -0.39 is 5.82 Å². The summed E-state index contributed by atoms with van der Waals surface area (Å²) in [5, 5.41) is 0.477. The van der Waals surface area contributed by atoms with Gasteiger partial charge in [-0.3, -0.25) is 0 Å². The summed E-state index contributed by atoms with van der Waals surface area (Å²) in [6.45, 7) is 4.31. The summed E-state index contributed by atoms with van der Waals surface area (Å²) in [6.07, 6.45) is 6.68. The van der Waals surface area contributed by atoms with Gasteiger partial charge in [0.2, 0.25) is 0 Å². The summed E-state index contributed by atoms with van der Waals surface area (Å²) in [6, 6.07) is 2.93. The van der Waals surface area contributed by atoms with E-state index in [0.717, 1.165) is 24.1 Å². The molecule has 5 nitrogen and oxygen atoms in total. The van der Waals surface area contributed by atoms with Crippen molar-refractivity contribution in [3.8, 4) is 11.5 Å². The van der Waals surface area contributed by atoms with E-state index in [0.29, 0.717) is 23.3 Å². The fourth-order valence-electron chi connectivity index (χ4n) is 2.61. The fourth-order valence-corrected chi connectivity index (χ4v) is 2.94. The predicted molar refractivity (Wildman–Crippen MR) is 90.3 cm³/mol. The molecule has 0 aliphatic carbocycles. The molecule has 3 heterocycles. The van der Waals surface area contributed by atoms with Gasteiger partial charge in [-0.1, -0.05) is 24.9 Å². The third-order valence-corrected chi connectivity index (χ3v) is 3.97. The van der Waals surface area contributed by atoms with Gasteiger partial charge in [-0.05, 0) is 25.5 Å². The monoisotopic (exact) mass is 345 g/mol. The van der Waals surface area contributed by atoms with Crippen LogP contribution in [0, 0.1) is 12.7 Å². The van der Waals surface area contributed by atoms with Crippen LogP contribution < -0.4 is 0 Å². The molecule has 0 aromatic carbocycles. The van der Waals surface area contributed by atoms with Crippen molar-refractivity contribution in [1.29, 1.82) is 0 Å².